The highest BCUT2D eigenvalue weighted by Crippen LogP contribution is 2.25. The molecule has 0 bridgehead atoms. The van der Waals surface area contributed by atoms with Crippen LogP contribution in [0.15, 0.2) is 22.7 Å². The normalized spacial score (nSPS) is 10.4. The molecule has 0 aliphatic carbocycles. The van der Waals surface area contributed by atoms with Gasteiger partial charge in [0.05, 0.1) is 7.11 Å². The van der Waals surface area contributed by atoms with Crippen LogP contribution in [0.25, 0.3) is 11.4 Å². The third-order valence-electron chi connectivity index (χ3n) is 2.95. The van der Waals surface area contributed by atoms with Crippen molar-refractivity contribution in [1.82, 2.24) is 9.97 Å². The lowest BCUT2D eigenvalue weighted by atomic mass is 10.1. The molecule has 2 rings (SSSR count). The van der Waals surface area contributed by atoms with Crippen LogP contribution in [0.4, 0.5) is 0 Å². The van der Waals surface area contributed by atoms with E-state index in [1.54, 1.807) is 6.92 Å². The van der Waals surface area contributed by atoms with Crippen LogP contribution in [0.2, 0.25) is 0 Å². The first-order valence-electron chi connectivity index (χ1n) is 5.89. The van der Waals surface area contributed by atoms with Crippen molar-refractivity contribution in [3.05, 3.63) is 44.1 Å². The molecule has 1 N–H and O–H groups in total. The van der Waals surface area contributed by atoms with E-state index in [1.807, 2.05) is 25.1 Å². The number of benzene rings is 1. The summed E-state index contributed by atoms with van der Waals surface area (Å²) in [7, 11) is 1.32. The lowest BCUT2D eigenvalue weighted by Gasteiger charge is -2.10. The monoisotopic (exact) mass is 352 g/mol. The first-order chi connectivity index (χ1) is 9.43. The number of ether oxygens (including phenoxy) is 1. The lowest BCUT2D eigenvalue weighted by Crippen LogP contribution is -2.09. The van der Waals surface area contributed by atoms with Gasteiger partial charge in [-0.05, 0) is 31.5 Å². The molecule has 1 aromatic carbocycles. The number of halogens is 1. The van der Waals surface area contributed by atoms with Gasteiger partial charge in [-0.1, -0.05) is 34.2 Å². The lowest BCUT2D eigenvalue weighted by molar-refractivity contribution is 0.0598. The number of carbonyl (C=O) groups is 1. The predicted molar refractivity (Wildman–Crippen MR) is 83.4 cm³/mol. The molecule has 0 spiro atoms. The average Bonchev–Trinajstić information content (AvgIpc) is 2.40. The van der Waals surface area contributed by atoms with Gasteiger partial charge in [-0.2, -0.15) is 0 Å². The van der Waals surface area contributed by atoms with E-state index in [0.29, 0.717) is 17.1 Å². The van der Waals surface area contributed by atoms with E-state index < -0.39 is 5.97 Å². The summed E-state index contributed by atoms with van der Waals surface area (Å²) < 4.78 is 5.90. The van der Waals surface area contributed by atoms with Crippen LogP contribution in [0.3, 0.4) is 0 Å². The van der Waals surface area contributed by atoms with Crippen molar-refractivity contribution in [2.45, 2.75) is 13.8 Å². The molecule has 0 atom stereocenters. The van der Waals surface area contributed by atoms with Gasteiger partial charge in [0.1, 0.15) is 16.0 Å². The van der Waals surface area contributed by atoms with Crippen molar-refractivity contribution in [3.63, 3.8) is 0 Å². The molecule has 20 heavy (non-hydrogen) atoms. The predicted octanol–water partition coefficient (Wildman–Crippen LogP) is 3.97. The Morgan fingerprint density at radius 1 is 1.40 bits per heavy atom. The Hall–Kier alpha value is -1.53. The van der Waals surface area contributed by atoms with Crippen molar-refractivity contribution in [3.8, 4) is 11.4 Å². The number of rotatable bonds is 2. The summed E-state index contributed by atoms with van der Waals surface area (Å²) >= 11 is 8.64. The van der Waals surface area contributed by atoms with Crippen LogP contribution in [0.1, 0.15) is 21.6 Å². The van der Waals surface area contributed by atoms with Crippen molar-refractivity contribution in [1.29, 1.82) is 0 Å². The second-order valence-corrected chi connectivity index (χ2v) is 5.64. The Bertz CT molecular complexity index is 740. The number of aromatic amines is 1. The largest absolute Gasteiger partial charge is 0.465 e. The van der Waals surface area contributed by atoms with Gasteiger partial charge >= 0.3 is 5.97 Å². The highest BCUT2D eigenvalue weighted by atomic mass is 79.9. The molecule has 0 saturated carbocycles. The van der Waals surface area contributed by atoms with E-state index in [2.05, 4.69) is 25.9 Å². The quantitative estimate of drug-likeness (QED) is 0.656. The third-order valence-corrected chi connectivity index (χ3v) is 3.74. The van der Waals surface area contributed by atoms with E-state index in [-0.39, 0.29) is 4.64 Å². The zero-order chi connectivity index (χ0) is 14.9. The topological polar surface area (TPSA) is 55.0 Å². The number of H-pyrrole nitrogens is 1. The average molecular weight is 353 g/mol. The summed E-state index contributed by atoms with van der Waals surface area (Å²) in [4.78, 5) is 19.1. The molecule has 0 radical (unpaired) electrons. The maximum atomic E-state index is 11.7. The second kappa shape index (κ2) is 5.85. The maximum absolute atomic E-state index is 11.7. The molecule has 1 heterocycles. The molecular formula is C14H13BrN2O2S. The SMILES string of the molecule is COC(=O)c1c(C)[nH]c(-c2cc(Br)ccc2C)nc1=S. The fourth-order valence-corrected chi connectivity index (χ4v) is 2.59. The molecule has 104 valence electrons. The van der Waals surface area contributed by atoms with Gasteiger partial charge in [0.2, 0.25) is 0 Å². The Kier molecular flexibility index (Phi) is 4.35. The van der Waals surface area contributed by atoms with E-state index in [9.17, 15) is 4.79 Å². The van der Waals surface area contributed by atoms with Gasteiger partial charge < -0.3 is 9.72 Å². The molecule has 0 unspecified atom stereocenters. The molecule has 0 saturated heterocycles. The highest BCUT2D eigenvalue weighted by molar-refractivity contribution is 9.10. The van der Waals surface area contributed by atoms with Gasteiger partial charge in [-0.25, -0.2) is 9.78 Å². The van der Waals surface area contributed by atoms with Crippen LogP contribution in [0, 0.1) is 18.5 Å². The number of aromatic nitrogens is 2. The maximum Gasteiger partial charge on any atom is 0.342 e. The van der Waals surface area contributed by atoms with Crippen molar-refractivity contribution in [2.24, 2.45) is 0 Å². The minimum absolute atomic E-state index is 0.238. The van der Waals surface area contributed by atoms with Gasteiger partial charge in [0.15, 0.2) is 0 Å². The van der Waals surface area contributed by atoms with E-state index in [4.69, 9.17) is 17.0 Å². The van der Waals surface area contributed by atoms with Crippen LogP contribution < -0.4 is 0 Å². The van der Waals surface area contributed by atoms with Crippen LogP contribution in [-0.2, 0) is 4.74 Å². The number of methoxy groups -OCH3 is 1. The zero-order valence-electron chi connectivity index (χ0n) is 11.3. The van der Waals surface area contributed by atoms with Crippen LogP contribution in [0.5, 0.6) is 0 Å². The van der Waals surface area contributed by atoms with E-state index >= 15 is 0 Å². The molecule has 0 fully saturated rings. The smallest absolute Gasteiger partial charge is 0.342 e. The number of nitrogens with one attached hydrogen (secondary N) is 1. The Balaban J connectivity index is 2.64. The standard InChI is InChI=1S/C14H13BrN2O2S/c1-7-4-5-9(15)6-10(7)12-16-8(2)11(13(20)17-12)14(18)19-3/h4-6H,1-3H3,(H,16,17,20). The number of hydrogen-bond donors (Lipinski definition) is 1. The minimum atomic E-state index is -0.478. The van der Waals surface area contributed by atoms with Gasteiger partial charge in [0, 0.05) is 15.7 Å². The molecule has 4 nitrogen and oxygen atoms in total. The molecule has 2 aromatic rings. The summed E-state index contributed by atoms with van der Waals surface area (Å²) in [5.41, 5.74) is 2.95. The van der Waals surface area contributed by atoms with Crippen molar-refractivity contribution in [2.75, 3.05) is 7.11 Å². The Labute approximate surface area is 130 Å². The van der Waals surface area contributed by atoms with Gasteiger partial charge in [-0.15, -0.1) is 0 Å². The Morgan fingerprint density at radius 3 is 2.70 bits per heavy atom. The number of nitrogens with zero attached hydrogens (tertiary/aromatic N) is 1. The molecule has 0 aliphatic heterocycles. The molecular weight excluding hydrogens is 340 g/mol. The highest BCUT2D eigenvalue weighted by Gasteiger charge is 2.15. The minimum Gasteiger partial charge on any atom is -0.465 e. The molecule has 6 heteroatoms. The van der Waals surface area contributed by atoms with Gasteiger partial charge in [-0.3, -0.25) is 0 Å². The summed E-state index contributed by atoms with van der Waals surface area (Å²) in [5, 5.41) is 0. The van der Waals surface area contributed by atoms with Crippen molar-refractivity contribution >= 4 is 34.1 Å². The Morgan fingerprint density at radius 2 is 2.10 bits per heavy atom. The summed E-state index contributed by atoms with van der Waals surface area (Å²) in [5.74, 6) is 0.160. The molecule has 0 aliphatic rings. The fourth-order valence-electron chi connectivity index (χ4n) is 1.91. The van der Waals surface area contributed by atoms with Gasteiger partial charge in [0.25, 0.3) is 0 Å². The van der Waals surface area contributed by atoms with Crippen LogP contribution >= 0.6 is 28.1 Å². The fraction of sp³-hybridized carbons (Fsp3) is 0.214. The number of hydrogen-bond acceptors (Lipinski definition) is 4. The number of carbonyl (C=O) groups excluding carboxylic acids is 1. The first kappa shape index (κ1) is 14.9. The summed E-state index contributed by atoms with van der Waals surface area (Å²) in [6, 6.07) is 5.91. The molecule has 1 aromatic heterocycles. The summed E-state index contributed by atoms with van der Waals surface area (Å²) in [6.07, 6.45) is 0. The second-order valence-electron chi connectivity index (χ2n) is 4.34. The van der Waals surface area contributed by atoms with Crippen LogP contribution in [-0.4, -0.2) is 23.0 Å². The van der Waals surface area contributed by atoms with E-state index in [0.717, 1.165) is 15.6 Å². The first-order valence-corrected chi connectivity index (χ1v) is 7.10. The number of aryl methyl sites for hydroxylation is 2. The van der Waals surface area contributed by atoms with Crippen molar-refractivity contribution < 1.29 is 9.53 Å². The molecule has 0 amide bonds. The zero-order valence-corrected chi connectivity index (χ0v) is 13.7. The third kappa shape index (κ3) is 2.81. The number of esters is 1. The summed E-state index contributed by atoms with van der Waals surface area (Å²) in [6.45, 7) is 3.77. The van der Waals surface area contributed by atoms with E-state index in [1.165, 1.54) is 7.11 Å².